The number of esters is 1. The van der Waals surface area contributed by atoms with Gasteiger partial charge < -0.3 is 13.9 Å². The van der Waals surface area contributed by atoms with E-state index in [2.05, 4.69) is 5.10 Å². The predicted molar refractivity (Wildman–Crippen MR) is 98.3 cm³/mol. The van der Waals surface area contributed by atoms with Crippen LogP contribution in [0.5, 0.6) is 5.75 Å². The maximum absolute atomic E-state index is 12.6. The van der Waals surface area contributed by atoms with Crippen LogP contribution in [0.4, 0.5) is 0 Å². The van der Waals surface area contributed by atoms with E-state index in [0.29, 0.717) is 18.6 Å². The number of nitrogens with zero attached hydrogens (tertiary/aromatic N) is 2. The average Bonchev–Trinajstić information content (AvgIpc) is 3.36. The van der Waals surface area contributed by atoms with Crippen LogP contribution >= 0.6 is 0 Å². The number of hydrogen-bond acceptors (Lipinski definition) is 6. The van der Waals surface area contributed by atoms with Crippen molar-refractivity contribution in [3.63, 3.8) is 0 Å². The fourth-order valence-corrected chi connectivity index (χ4v) is 2.89. The Labute approximate surface area is 157 Å². The van der Waals surface area contributed by atoms with Crippen molar-refractivity contribution in [2.75, 3.05) is 13.7 Å². The molecule has 0 aliphatic carbocycles. The number of carbonyl (C=O) groups excluding carboxylic acids is 2. The second-order valence-corrected chi connectivity index (χ2v) is 6.16. The Morgan fingerprint density at radius 2 is 2.04 bits per heavy atom. The zero-order valence-corrected chi connectivity index (χ0v) is 15.4. The smallest absolute Gasteiger partial charge is 0.306 e. The standard InChI is InChI=1S/C20H22N2O5/c1-3-5-20(24)27-13-19(23)22-17(18-6-4-11-26-18)12-16(21-22)14-7-9-15(25-2)10-8-14/h4,6-11,17H,3,5,12-13H2,1-2H3/t17-/m1/s1. The Morgan fingerprint density at radius 1 is 1.26 bits per heavy atom. The van der Waals surface area contributed by atoms with E-state index >= 15 is 0 Å². The van der Waals surface area contributed by atoms with Crippen molar-refractivity contribution in [3.05, 3.63) is 54.0 Å². The van der Waals surface area contributed by atoms with Gasteiger partial charge in [0.25, 0.3) is 5.91 Å². The first kappa shape index (κ1) is 18.7. The minimum absolute atomic E-state index is 0.287. The van der Waals surface area contributed by atoms with Gasteiger partial charge in [-0.2, -0.15) is 5.10 Å². The lowest BCUT2D eigenvalue weighted by Crippen LogP contribution is -2.31. The number of benzene rings is 1. The summed E-state index contributed by atoms with van der Waals surface area (Å²) in [5.74, 6) is 0.606. The van der Waals surface area contributed by atoms with Crippen LogP contribution in [0.3, 0.4) is 0 Å². The molecule has 0 N–H and O–H groups in total. The average molecular weight is 370 g/mol. The number of hydrazone groups is 1. The minimum atomic E-state index is -0.390. The van der Waals surface area contributed by atoms with E-state index in [1.807, 2.05) is 31.2 Å². The van der Waals surface area contributed by atoms with Gasteiger partial charge in [-0.05, 0) is 48.4 Å². The molecule has 142 valence electrons. The predicted octanol–water partition coefficient (Wildman–Crippen LogP) is 3.31. The Hall–Kier alpha value is -3.09. The van der Waals surface area contributed by atoms with E-state index in [1.165, 1.54) is 5.01 Å². The van der Waals surface area contributed by atoms with Crippen LogP contribution in [0.25, 0.3) is 0 Å². The molecule has 0 bridgehead atoms. The van der Waals surface area contributed by atoms with Gasteiger partial charge >= 0.3 is 5.97 Å². The summed E-state index contributed by atoms with van der Waals surface area (Å²) < 4.78 is 15.7. The summed E-state index contributed by atoms with van der Waals surface area (Å²) in [7, 11) is 1.61. The van der Waals surface area contributed by atoms with Crippen molar-refractivity contribution in [1.82, 2.24) is 5.01 Å². The molecule has 1 aromatic heterocycles. The SMILES string of the molecule is CCCC(=O)OCC(=O)N1N=C(c2ccc(OC)cc2)C[C@@H]1c1ccco1. The molecular weight excluding hydrogens is 348 g/mol. The van der Waals surface area contributed by atoms with Gasteiger partial charge in [0.2, 0.25) is 0 Å². The van der Waals surface area contributed by atoms with Crippen LogP contribution in [0, 0.1) is 0 Å². The highest BCUT2D eigenvalue weighted by atomic mass is 16.5. The lowest BCUT2D eigenvalue weighted by molar-refractivity contribution is -0.153. The van der Waals surface area contributed by atoms with Crippen LogP contribution in [-0.4, -0.2) is 36.3 Å². The molecule has 2 heterocycles. The van der Waals surface area contributed by atoms with E-state index in [9.17, 15) is 9.59 Å². The van der Waals surface area contributed by atoms with Crippen LogP contribution in [0.1, 0.15) is 43.6 Å². The first-order valence-corrected chi connectivity index (χ1v) is 8.85. The number of methoxy groups -OCH3 is 1. The summed E-state index contributed by atoms with van der Waals surface area (Å²) in [6, 6.07) is 10.7. The number of rotatable bonds is 7. The van der Waals surface area contributed by atoms with Gasteiger partial charge in [-0.25, -0.2) is 5.01 Å². The van der Waals surface area contributed by atoms with Crippen molar-refractivity contribution in [3.8, 4) is 5.75 Å². The third-order valence-corrected chi connectivity index (χ3v) is 4.27. The zero-order chi connectivity index (χ0) is 19.2. The third-order valence-electron chi connectivity index (χ3n) is 4.27. The Kier molecular flexibility index (Phi) is 5.90. The number of carbonyl (C=O) groups is 2. The monoisotopic (exact) mass is 370 g/mol. The first-order valence-electron chi connectivity index (χ1n) is 8.85. The van der Waals surface area contributed by atoms with Crippen molar-refractivity contribution in [2.24, 2.45) is 5.10 Å². The third kappa shape index (κ3) is 4.36. The van der Waals surface area contributed by atoms with Crippen molar-refractivity contribution < 1.29 is 23.5 Å². The highest BCUT2D eigenvalue weighted by Gasteiger charge is 2.35. The quantitative estimate of drug-likeness (QED) is 0.699. The summed E-state index contributed by atoms with van der Waals surface area (Å²) in [6.45, 7) is 1.54. The summed E-state index contributed by atoms with van der Waals surface area (Å²) in [6.07, 6.45) is 3.03. The number of ether oxygens (including phenoxy) is 2. The Morgan fingerprint density at radius 3 is 2.67 bits per heavy atom. The molecule has 7 heteroatoms. The van der Waals surface area contributed by atoms with Gasteiger partial charge in [-0.15, -0.1) is 0 Å². The van der Waals surface area contributed by atoms with Gasteiger partial charge in [0.05, 0.1) is 19.1 Å². The van der Waals surface area contributed by atoms with Crippen LogP contribution in [0.15, 0.2) is 52.2 Å². The Balaban J connectivity index is 1.79. The number of amides is 1. The van der Waals surface area contributed by atoms with Crippen molar-refractivity contribution in [2.45, 2.75) is 32.2 Å². The molecule has 0 radical (unpaired) electrons. The summed E-state index contributed by atoms with van der Waals surface area (Å²) >= 11 is 0. The molecule has 27 heavy (non-hydrogen) atoms. The lowest BCUT2D eigenvalue weighted by Gasteiger charge is -2.19. The Bertz CT molecular complexity index is 811. The molecule has 0 spiro atoms. The van der Waals surface area contributed by atoms with Crippen molar-refractivity contribution >= 4 is 17.6 Å². The summed E-state index contributed by atoms with van der Waals surface area (Å²) in [4.78, 5) is 24.2. The van der Waals surface area contributed by atoms with Gasteiger partial charge in [0, 0.05) is 12.8 Å². The highest BCUT2D eigenvalue weighted by Crippen LogP contribution is 2.33. The molecule has 1 aliphatic rings. The molecule has 0 saturated carbocycles. The number of hydrogen-bond donors (Lipinski definition) is 0. The molecule has 2 aromatic rings. The van der Waals surface area contributed by atoms with Crippen LogP contribution in [0.2, 0.25) is 0 Å². The van der Waals surface area contributed by atoms with Crippen LogP contribution < -0.4 is 4.74 Å². The molecule has 1 atom stereocenters. The molecule has 1 amide bonds. The molecule has 0 unspecified atom stereocenters. The van der Waals surface area contributed by atoms with Crippen LogP contribution in [-0.2, 0) is 14.3 Å². The summed E-state index contributed by atoms with van der Waals surface area (Å²) in [5, 5.41) is 5.83. The summed E-state index contributed by atoms with van der Waals surface area (Å²) in [5.41, 5.74) is 1.65. The largest absolute Gasteiger partial charge is 0.497 e. The molecule has 3 rings (SSSR count). The maximum Gasteiger partial charge on any atom is 0.306 e. The van der Waals surface area contributed by atoms with E-state index in [1.54, 1.807) is 25.5 Å². The lowest BCUT2D eigenvalue weighted by atomic mass is 10.0. The van der Waals surface area contributed by atoms with E-state index < -0.39 is 0 Å². The highest BCUT2D eigenvalue weighted by molar-refractivity contribution is 6.03. The normalized spacial score (nSPS) is 16.1. The first-order chi connectivity index (χ1) is 13.1. The fraction of sp³-hybridized carbons (Fsp3) is 0.350. The second kappa shape index (κ2) is 8.53. The zero-order valence-electron chi connectivity index (χ0n) is 15.4. The molecule has 1 aromatic carbocycles. The molecule has 1 aliphatic heterocycles. The second-order valence-electron chi connectivity index (χ2n) is 6.16. The molecule has 0 saturated heterocycles. The molecule has 0 fully saturated rings. The van der Waals surface area contributed by atoms with Gasteiger partial charge in [-0.3, -0.25) is 9.59 Å². The van der Waals surface area contributed by atoms with Crippen molar-refractivity contribution in [1.29, 1.82) is 0 Å². The maximum atomic E-state index is 12.6. The van der Waals surface area contributed by atoms with E-state index in [4.69, 9.17) is 13.9 Å². The van der Waals surface area contributed by atoms with E-state index in [0.717, 1.165) is 17.0 Å². The fourth-order valence-electron chi connectivity index (χ4n) is 2.89. The number of furan rings is 1. The topological polar surface area (TPSA) is 81.3 Å². The van der Waals surface area contributed by atoms with E-state index in [-0.39, 0.29) is 30.9 Å². The molecule has 7 nitrogen and oxygen atoms in total. The van der Waals surface area contributed by atoms with Gasteiger partial charge in [-0.1, -0.05) is 6.92 Å². The minimum Gasteiger partial charge on any atom is -0.497 e. The molecular formula is C20H22N2O5. The van der Waals surface area contributed by atoms with Gasteiger partial charge in [0.1, 0.15) is 17.6 Å². The van der Waals surface area contributed by atoms with Gasteiger partial charge in [0.15, 0.2) is 6.61 Å².